The van der Waals surface area contributed by atoms with Crippen molar-refractivity contribution >= 4 is 41.4 Å². The van der Waals surface area contributed by atoms with Crippen molar-refractivity contribution in [1.82, 2.24) is 16.0 Å². The highest BCUT2D eigenvalue weighted by Crippen LogP contribution is 2.29. The number of aliphatic hydroxyl groups is 1. The van der Waals surface area contributed by atoms with Gasteiger partial charge in [-0.05, 0) is 67.8 Å². The SMILES string of the molecule is CC(C)(C)OC(=O)N[C@@H](Cc1ccccc1)C(=O)N[C@@H](Cc1ccc(OCC(=O)O)c(C(=O)O)c1)C(=O)NCC(O)c1cc(Cl)ccc1OCc1ccccc1. The molecular formula is C41H44ClN3O11. The van der Waals surface area contributed by atoms with Gasteiger partial charge in [0.05, 0.1) is 6.10 Å². The molecule has 0 aliphatic rings. The van der Waals surface area contributed by atoms with Gasteiger partial charge >= 0.3 is 18.0 Å². The van der Waals surface area contributed by atoms with Crippen molar-refractivity contribution in [3.63, 3.8) is 0 Å². The number of ether oxygens (including phenoxy) is 3. The van der Waals surface area contributed by atoms with Gasteiger partial charge in [0, 0.05) is 30.0 Å². The topological polar surface area (TPSA) is 210 Å². The number of carbonyl (C=O) groups is 5. The lowest BCUT2D eigenvalue weighted by Gasteiger charge is -2.26. The summed E-state index contributed by atoms with van der Waals surface area (Å²) in [6.45, 7) is 4.06. The Morgan fingerprint density at radius 2 is 1.32 bits per heavy atom. The summed E-state index contributed by atoms with van der Waals surface area (Å²) in [5.74, 6) is -4.14. The average molecular weight is 790 g/mol. The van der Waals surface area contributed by atoms with Gasteiger partial charge in [-0.15, -0.1) is 0 Å². The van der Waals surface area contributed by atoms with E-state index in [0.717, 1.165) is 5.56 Å². The van der Waals surface area contributed by atoms with E-state index in [0.29, 0.717) is 21.9 Å². The smallest absolute Gasteiger partial charge is 0.408 e. The number of halogens is 1. The van der Waals surface area contributed by atoms with Crippen LogP contribution in [0.25, 0.3) is 0 Å². The van der Waals surface area contributed by atoms with E-state index in [2.05, 4.69) is 16.0 Å². The van der Waals surface area contributed by atoms with Crippen LogP contribution in [-0.2, 0) is 38.6 Å². The lowest BCUT2D eigenvalue weighted by atomic mass is 10.0. The van der Waals surface area contributed by atoms with E-state index >= 15 is 0 Å². The second-order valence-electron chi connectivity index (χ2n) is 13.7. The summed E-state index contributed by atoms with van der Waals surface area (Å²) in [5, 5.41) is 38.3. The predicted molar refractivity (Wildman–Crippen MR) is 206 cm³/mol. The van der Waals surface area contributed by atoms with Crippen molar-refractivity contribution < 1.29 is 53.5 Å². The number of benzene rings is 4. The first kappa shape index (κ1) is 42.6. The van der Waals surface area contributed by atoms with Gasteiger partial charge in [0.1, 0.15) is 41.4 Å². The number of alkyl carbamates (subject to hydrolysis) is 1. The normalized spacial score (nSPS) is 12.7. The van der Waals surface area contributed by atoms with Gasteiger partial charge < -0.3 is 45.5 Å². The van der Waals surface area contributed by atoms with Gasteiger partial charge in [-0.25, -0.2) is 14.4 Å². The summed E-state index contributed by atoms with van der Waals surface area (Å²) < 4.78 is 16.5. The van der Waals surface area contributed by atoms with E-state index in [9.17, 15) is 34.2 Å². The van der Waals surface area contributed by atoms with Gasteiger partial charge in [-0.1, -0.05) is 78.3 Å². The Morgan fingerprint density at radius 3 is 1.95 bits per heavy atom. The number of carboxylic acid groups (broad SMARTS) is 2. The van der Waals surface area contributed by atoms with E-state index in [1.54, 1.807) is 63.2 Å². The molecule has 0 spiro atoms. The maximum atomic E-state index is 14.0. The van der Waals surface area contributed by atoms with Crippen molar-refractivity contribution in [2.45, 2.75) is 64.0 Å². The predicted octanol–water partition coefficient (Wildman–Crippen LogP) is 5.09. The lowest BCUT2D eigenvalue weighted by Crippen LogP contribution is -2.55. The quantitative estimate of drug-likeness (QED) is 0.0782. The molecular weight excluding hydrogens is 746 g/mol. The Morgan fingerprint density at radius 1 is 0.714 bits per heavy atom. The molecule has 0 aliphatic carbocycles. The van der Waals surface area contributed by atoms with Crippen LogP contribution in [0.2, 0.25) is 5.02 Å². The minimum atomic E-state index is -1.42. The molecule has 4 aromatic carbocycles. The average Bonchev–Trinajstić information content (AvgIpc) is 3.15. The minimum Gasteiger partial charge on any atom is -0.489 e. The molecule has 1 unspecified atom stereocenters. The fourth-order valence-corrected chi connectivity index (χ4v) is 5.62. The number of rotatable bonds is 18. The molecule has 15 heteroatoms. The largest absolute Gasteiger partial charge is 0.489 e. The zero-order valence-corrected chi connectivity index (χ0v) is 31.7. The number of aliphatic carboxylic acids is 1. The van der Waals surface area contributed by atoms with Crippen LogP contribution in [0.1, 0.15) is 59.5 Å². The van der Waals surface area contributed by atoms with E-state index in [1.807, 2.05) is 30.3 Å². The zero-order chi connectivity index (χ0) is 40.8. The van der Waals surface area contributed by atoms with Crippen LogP contribution in [0.4, 0.5) is 4.79 Å². The van der Waals surface area contributed by atoms with E-state index in [-0.39, 0.29) is 42.9 Å². The summed E-state index contributed by atoms with van der Waals surface area (Å²) in [7, 11) is 0. The third-order valence-corrected chi connectivity index (χ3v) is 8.26. The highest BCUT2D eigenvalue weighted by Gasteiger charge is 2.30. The monoisotopic (exact) mass is 789 g/mol. The molecule has 14 nitrogen and oxygen atoms in total. The summed E-state index contributed by atoms with van der Waals surface area (Å²) in [6, 6.07) is 24.2. The van der Waals surface area contributed by atoms with Crippen molar-refractivity contribution in [2.24, 2.45) is 0 Å². The number of carboxylic acids is 2. The van der Waals surface area contributed by atoms with Crippen LogP contribution in [0.3, 0.4) is 0 Å². The lowest BCUT2D eigenvalue weighted by molar-refractivity contribution is -0.139. The van der Waals surface area contributed by atoms with Gasteiger partial charge in [0.15, 0.2) is 6.61 Å². The maximum Gasteiger partial charge on any atom is 0.408 e. The summed E-state index contributed by atoms with van der Waals surface area (Å²) in [6.07, 6.45) is -2.42. The Balaban J connectivity index is 1.60. The number of carbonyl (C=O) groups excluding carboxylic acids is 3. The Bertz CT molecular complexity index is 1990. The zero-order valence-electron chi connectivity index (χ0n) is 31.0. The molecule has 0 aromatic heterocycles. The number of nitrogens with one attached hydrogen (secondary N) is 3. The van der Waals surface area contributed by atoms with Gasteiger partial charge in [-0.2, -0.15) is 0 Å². The molecule has 0 fully saturated rings. The second-order valence-corrected chi connectivity index (χ2v) is 14.1. The highest BCUT2D eigenvalue weighted by atomic mass is 35.5. The highest BCUT2D eigenvalue weighted by molar-refractivity contribution is 6.30. The van der Waals surface area contributed by atoms with Crippen molar-refractivity contribution in [1.29, 1.82) is 0 Å². The Kier molecular flexibility index (Phi) is 15.2. The van der Waals surface area contributed by atoms with Gasteiger partial charge in [-0.3, -0.25) is 9.59 Å². The Labute approximate surface area is 328 Å². The number of aliphatic hydroxyl groups excluding tert-OH is 1. The minimum absolute atomic E-state index is 0.0261. The molecule has 4 aromatic rings. The van der Waals surface area contributed by atoms with E-state index in [4.69, 9.17) is 30.9 Å². The second kappa shape index (κ2) is 20.0. The first-order chi connectivity index (χ1) is 26.6. The molecule has 6 N–H and O–H groups in total. The summed E-state index contributed by atoms with van der Waals surface area (Å²) >= 11 is 6.26. The fourth-order valence-electron chi connectivity index (χ4n) is 5.44. The molecule has 296 valence electrons. The number of aromatic carboxylic acids is 1. The maximum absolute atomic E-state index is 14.0. The molecule has 4 rings (SSSR count). The molecule has 0 radical (unpaired) electrons. The summed E-state index contributed by atoms with van der Waals surface area (Å²) in [5.41, 5.74) is 0.886. The van der Waals surface area contributed by atoms with Crippen molar-refractivity contribution in [3.05, 3.63) is 130 Å². The Hall–Kier alpha value is -6.12. The molecule has 0 aliphatic heterocycles. The van der Waals surface area contributed by atoms with Crippen LogP contribution in [-0.4, -0.2) is 76.0 Å². The number of hydrogen-bond donors (Lipinski definition) is 6. The van der Waals surface area contributed by atoms with Crippen LogP contribution in [0, 0.1) is 0 Å². The van der Waals surface area contributed by atoms with E-state index in [1.165, 1.54) is 24.3 Å². The molecule has 0 heterocycles. The standard InChI is InChI=1S/C41H44ClN3O11/c1-41(2,3)56-40(53)45-32(19-25-10-6-4-7-11-25)38(50)44-31(20-27-14-16-35(55-24-36(47)48)30(18-27)39(51)52)37(49)43-22-33(46)29-21-28(42)15-17-34(29)54-23-26-12-8-5-9-13-26/h4-18,21,31-33,46H,19-20,22-24H2,1-3H3,(H,43,49)(H,44,50)(H,45,53)(H,47,48)(H,51,52)/t31-,32-,33?/m0/s1. The van der Waals surface area contributed by atoms with Crippen LogP contribution in [0.5, 0.6) is 11.5 Å². The molecule has 0 bridgehead atoms. The van der Waals surface area contributed by atoms with Gasteiger partial charge in [0.25, 0.3) is 0 Å². The van der Waals surface area contributed by atoms with Crippen LogP contribution >= 0.6 is 11.6 Å². The third-order valence-electron chi connectivity index (χ3n) is 8.03. The first-order valence-electron chi connectivity index (χ1n) is 17.5. The van der Waals surface area contributed by atoms with Crippen molar-refractivity contribution in [2.75, 3.05) is 13.2 Å². The number of hydrogen-bond acceptors (Lipinski definition) is 9. The van der Waals surface area contributed by atoms with E-state index < -0.39 is 60.2 Å². The molecule has 3 atom stereocenters. The van der Waals surface area contributed by atoms with Crippen molar-refractivity contribution in [3.8, 4) is 11.5 Å². The summed E-state index contributed by atoms with van der Waals surface area (Å²) in [4.78, 5) is 63.9. The number of amides is 3. The van der Waals surface area contributed by atoms with Crippen LogP contribution < -0.4 is 25.4 Å². The fraction of sp³-hybridized carbons (Fsp3) is 0.293. The van der Waals surface area contributed by atoms with Gasteiger partial charge in [0.2, 0.25) is 11.8 Å². The molecule has 0 saturated heterocycles. The van der Waals surface area contributed by atoms with Crippen LogP contribution in [0.15, 0.2) is 97.1 Å². The molecule has 3 amide bonds. The molecule has 56 heavy (non-hydrogen) atoms. The third kappa shape index (κ3) is 13.6. The first-order valence-corrected chi connectivity index (χ1v) is 17.9. The molecule has 0 saturated carbocycles.